The molecule has 0 radical (unpaired) electrons. The summed E-state index contributed by atoms with van der Waals surface area (Å²) in [6, 6.07) is 6.49. The molecular weight excluding hydrogens is 542 g/mol. The Morgan fingerprint density at radius 1 is 0.914 bits per heavy atom. The number of aryl methyl sites for hydroxylation is 2. The van der Waals surface area contributed by atoms with E-state index in [-0.39, 0.29) is 31.0 Å². The monoisotopic (exact) mass is 562 g/mol. The molecule has 0 aliphatic carbocycles. The summed E-state index contributed by atoms with van der Waals surface area (Å²) in [5.41, 5.74) is 2.69. The van der Waals surface area contributed by atoms with Crippen LogP contribution in [0.5, 0.6) is 0 Å². The van der Waals surface area contributed by atoms with Crippen LogP contribution >= 0.6 is 46.4 Å². The summed E-state index contributed by atoms with van der Waals surface area (Å²) in [7, 11) is 0. The van der Waals surface area contributed by atoms with Gasteiger partial charge in [-0.1, -0.05) is 46.4 Å². The molecule has 188 valence electrons. The van der Waals surface area contributed by atoms with E-state index in [9.17, 15) is 19.5 Å². The molecule has 0 saturated carbocycles. The average Bonchev–Trinajstić information content (AvgIpc) is 3.12. The summed E-state index contributed by atoms with van der Waals surface area (Å²) < 4.78 is 14.1. The van der Waals surface area contributed by atoms with Gasteiger partial charge in [-0.25, -0.2) is 9.59 Å². The predicted octanol–water partition coefficient (Wildman–Crippen LogP) is 6.08. The van der Waals surface area contributed by atoms with Crippen molar-refractivity contribution in [1.82, 2.24) is 0 Å². The topological polar surface area (TPSA) is 99.1 Å². The van der Waals surface area contributed by atoms with E-state index in [0.717, 1.165) is 11.1 Å². The summed E-state index contributed by atoms with van der Waals surface area (Å²) in [5.74, 6) is -1.84. The molecule has 0 fully saturated rings. The molecule has 3 rings (SSSR count). The minimum Gasteiger partial charge on any atom is -0.508 e. The zero-order valence-corrected chi connectivity index (χ0v) is 22.1. The number of carbonyl (C=O) groups is 3. The number of hydrogen-bond donors (Lipinski definition) is 1. The lowest BCUT2D eigenvalue weighted by molar-refractivity contribution is -0.158. The fourth-order valence-electron chi connectivity index (χ4n) is 2.87. The van der Waals surface area contributed by atoms with E-state index in [1.54, 1.807) is 38.1 Å². The number of aliphatic hydroxyl groups excluding tert-OH is 1. The Bertz CT molecular complexity index is 1170. The molecule has 2 aromatic rings. The van der Waals surface area contributed by atoms with Crippen LogP contribution in [0.1, 0.15) is 29.2 Å². The van der Waals surface area contributed by atoms with Gasteiger partial charge in [-0.05, 0) is 61.7 Å². The number of esters is 3. The van der Waals surface area contributed by atoms with Crippen molar-refractivity contribution >= 4 is 69.9 Å². The van der Waals surface area contributed by atoms with Crippen molar-refractivity contribution in [3.8, 4) is 0 Å². The fourth-order valence-corrected chi connectivity index (χ4v) is 3.82. The van der Waals surface area contributed by atoms with E-state index < -0.39 is 24.5 Å². The average molecular weight is 564 g/mol. The van der Waals surface area contributed by atoms with Crippen LogP contribution in [0.4, 0.5) is 0 Å². The zero-order valence-electron chi connectivity index (χ0n) is 19.0. The molecule has 1 aliphatic heterocycles. The molecule has 0 saturated heterocycles. The van der Waals surface area contributed by atoms with E-state index in [2.05, 4.69) is 4.74 Å². The molecule has 2 aromatic carbocycles. The van der Waals surface area contributed by atoms with Crippen molar-refractivity contribution < 1.29 is 33.7 Å². The number of carbonyl (C=O) groups excluding carboxylic acids is 3. The summed E-state index contributed by atoms with van der Waals surface area (Å²) in [4.78, 5) is 33.9. The van der Waals surface area contributed by atoms with E-state index in [4.69, 9.17) is 55.9 Å². The van der Waals surface area contributed by atoms with E-state index in [0.29, 0.717) is 31.2 Å². The van der Waals surface area contributed by atoms with Gasteiger partial charge >= 0.3 is 17.9 Å². The Labute approximate surface area is 222 Å². The number of cyclic esters (lactones) is 1. The third-order valence-electron chi connectivity index (χ3n) is 4.67. The highest BCUT2D eigenvalue weighted by Gasteiger charge is 2.28. The summed E-state index contributed by atoms with van der Waals surface area (Å²) >= 11 is 23.9. The van der Waals surface area contributed by atoms with E-state index >= 15 is 0 Å². The van der Waals surface area contributed by atoms with Crippen molar-refractivity contribution in [1.29, 1.82) is 0 Å². The maximum absolute atomic E-state index is 11.5. The maximum atomic E-state index is 11.5. The molecule has 0 unspecified atom stereocenters. The molecular formula is C24H22Cl4O7. The summed E-state index contributed by atoms with van der Waals surface area (Å²) in [6.07, 6.45) is -0.0434. The van der Waals surface area contributed by atoms with Gasteiger partial charge in [0.15, 0.2) is 6.61 Å². The van der Waals surface area contributed by atoms with Crippen LogP contribution in [0.2, 0.25) is 20.1 Å². The van der Waals surface area contributed by atoms with Crippen molar-refractivity contribution in [2.24, 2.45) is 0 Å². The van der Waals surface area contributed by atoms with Crippen LogP contribution in [0.25, 0.3) is 5.57 Å². The van der Waals surface area contributed by atoms with E-state index in [1.807, 2.05) is 6.92 Å². The minimum absolute atomic E-state index is 0.0434. The highest BCUT2D eigenvalue weighted by Crippen LogP contribution is 2.34. The number of ether oxygens (including phenoxy) is 3. The SMILES string of the molecule is CCOC(=O)COC(=O)Cc1cc(Cl)c(C)cc1Cl.Cc1cc(Cl)c(C2=C(O)COC2=O)cc1Cl. The molecule has 7 nitrogen and oxygen atoms in total. The zero-order chi connectivity index (χ0) is 26.3. The first kappa shape index (κ1) is 28.8. The largest absolute Gasteiger partial charge is 0.508 e. The van der Waals surface area contributed by atoms with Gasteiger partial charge in [-0.15, -0.1) is 0 Å². The van der Waals surface area contributed by atoms with Crippen LogP contribution < -0.4 is 0 Å². The van der Waals surface area contributed by atoms with Gasteiger partial charge in [0.2, 0.25) is 0 Å². The highest BCUT2D eigenvalue weighted by molar-refractivity contribution is 6.37. The Kier molecular flexibility index (Phi) is 10.7. The smallest absolute Gasteiger partial charge is 0.344 e. The number of hydrogen-bond acceptors (Lipinski definition) is 7. The van der Waals surface area contributed by atoms with Gasteiger partial charge in [0.25, 0.3) is 0 Å². The van der Waals surface area contributed by atoms with Gasteiger partial charge in [-0.2, -0.15) is 0 Å². The third kappa shape index (κ3) is 8.04. The maximum Gasteiger partial charge on any atom is 0.344 e. The van der Waals surface area contributed by atoms with Gasteiger partial charge in [0, 0.05) is 25.7 Å². The second-order valence-electron chi connectivity index (χ2n) is 7.31. The molecule has 0 bridgehead atoms. The molecule has 35 heavy (non-hydrogen) atoms. The van der Waals surface area contributed by atoms with Crippen molar-refractivity contribution in [3.05, 3.63) is 72.4 Å². The normalized spacial score (nSPS) is 12.6. The predicted molar refractivity (Wildman–Crippen MR) is 134 cm³/mol. The first-order valence-corrected chi connectivity index (χ1v) is 11.8. The molecule has 0 atom stereocenters. The molecule has 0 amide bonds. The first-order chi connectivity index (χ1) is 16.4. The minimum atomic E-state index is -0.584. The Morgan fingerprint density at radius 2 is 1.51 bits per heavy atom. The Balaban J connectivity index is 0.000000250. The van der Waals surface area contributed by atoms with Crippen LogP contribution in [0.3, 0.4) is 0 Å². The van der Waals surface area contributed by atoms with Gasteiger partial charge in [-0.3, -0.25) is 4.79 Å². The molecule has 1 heterocycles. The number of aliphatic hydroxyl groups is 1. The Hall–Kier alpha value is -2.45. The number of benzene rings is 2. The third-order valence-corrected chi connectivity index (χ3v) is 6.15. The number of halogens is 4. The lowest BCUT2D eigenvalue weighted by Crippen LogP contribution is -2.17. The standard InChI is InChI=1S/C13H14Cl2O4.C11H8Cl2O3/c1-3-18-13(17)7-19-12(16)6-9-5-10(14)8(2)4-11(9)15;1-5-2-8(13)6(3-7(5)12)10-9(14)4-16-11(10)15/h4-5H,3,6-7H2,1-2H3;2-3,14H,4H2,1H3. The summed E-state index contributed by atoms with van der Waals surface area (Å²) in [5, 5.41) is 11.3. The van der Waals surface area contributed by atoms with Crippen LogP contribution in [-0.2, 0) is 35.0 Å². The molecule has 0 aromatic heterocycles. The van der Waals surface area contributed by atoms with Crippen LogP contribution in [-0.4, -0.2) is 42.8 Å². The van der Waals surface area contributed by atoms with Gasteiger partial charge in [0.05, 0.1) is 13.0 Å². The number of rotatable bonds is 6. The Morgan fingerprint density at radius 3 is 2.09 bits per heavy atom. The van der Waals surface area contributed by atoms with E-state index in [1.165, 1.54) is 0 Å². The first-order valence-electron chi connectivity index (χ1n) is 10.3. The van der Waals surface area contributed by atoms with Crippen LogP contribution in [0, 0.1) is 13.8 Å². The van der Waals surface area contributed by atoms with Gasteiger partial charge < -0.3 is 19.3 Å². The lowest BCUT2D eigenvalue weighted by Gasteiger charge is -2.07. The summed E-state index contributed by atoms with van der Waals surface area (Å²) in [6.45, 7) is 5.03. The van der Waals surface area contributed by atoms with Crippen LogP contribution in [0.15, 0.2) is 30.0 Å². The molecule has 0 spiro atoms. The van der Waals surface area contributed by atoms with Gasteiger partial charge in [0.1, 0.15) is 17.9 Å². The van der Waals surface area contributed by atoms with Crippen molar-refractivity contribution in [2.75, 3.05) is 19.8 Å². The molecule has 1 N–H and O–H groups in total. The highest BCUT2D eigenvalue weighted by atomic mass is 35.5. The second-order valence-corrected chi connectivity index (χ2v) is 8.94. The fraction of sp³-hybridized carbons (Fsp3) is 0.292. The second kappa shape index (κ2) is 13.0. The lowest BCUT2D eigenvalue weighted by atomic mass is 10.0. The van der Waals surface area contributed by atoms with Crippen molar-refractivity contribution in [3.63, 3.8) is 0 Å². The molecule has 1 aliphatic rings. The quantitative estimate of drug-likeness (QED) is 0.336. The molecule has 11 heteroatoms. The van der Waals surface area contributed by atoms with Crippen molar-refractivity contribution in [2.45, 2.75) is 27.2 Å².